The maximum absolute atomic E-state index is 5.84. The molecule has 0 saturated carbocycles. The lowest BCUT2D eigenvalue weighted by Gasteiger charge is -2.17. The minimum absolute atomic E-state index is 0.555. The highest BCUT2D eigenvalue weighted by Crippen LogP contribution is 2.20. The van der Waals surface area contributed by atoms with Gasteiger partial charge in [0.1, 0.15) is 0 Å². The Bertz CT molecular complexity index is 522. The molecule has 0 spiro atoms. The number of anilines is 1. The maximum atomic E-state index is 5.84. The van der Waals surface area contributed by atoms with Crippen LogP contribution in [-0.2, 0) is 6.42 Å². The van der Waals surface area contributed by atoms with Crippen molar-refractivity contribution in [3.63, 3.8) is 0 Å². The Morgan fingerprint density at radius 3 is 2.43 bits per heavy atom. The third-order valence-corrected chi connectivity index (χ3v) is 3.87. The van der Waals surface area contributed by atoms with E-state index in [9.17, 15) is 0 Å². The molecule has 3 N–H and O–H groups in total. The number of nitrogens with one attached hydrogen (secondary N) is 1. The molecular formula is C19H26N2. The molecule has 0 aliphatic rings. The summed E-state index contributed by atoms with van der Waals surface area (Å²) < 4.78 is 0. The van der Waals surface area contributed by atoms with Crippen molar-refractivity contribution in [1.29, 1.82) is 0 Å². The normalized spacial score (nSPS) is 12.1. The van der Waals surface area contributed by atoms with Crippen molar-refractivity contribution in [2.75, 3.05) is 18.4 Å². The van der Waals surface area contributed by atoms with Gasteiger partial charge >= 0.3 is 0 Å². The summed E-state index contributed by atoms with van der Waals surface area (Å²) in [6.07, 6.45) is 3.34. The summed E-state index contributed by atoms with van der Waals surface area (Å²) in [6, 6.07) is 19.2. The van der Waals surface area contributed by atoms with Crippen LogP contribution in [0.3, 0.4) is 0 Å². The molecule has 1 unspecified atom stereocenters. The van der Waals surface area contributed by atoms with E-state index in [1.165, 1.54) is 29.7 Å². The molecular weight excluding hydrogens is 256 g/mol. The molecule has 0 amide bonds. The summed E-state index contributed by atoms with van der Waals surface area (Å²) >= 11 is 0. The van der Waals surface area contributed by atoms with Gasteiger partial charge in [0.05, 0.1) is 0 Å². The van der Waals surface area contributed by atoms with E-state index in [1.807, 2.05) is 0 Å². The van der Waals surface area contributed by atoms with E-state index in [0.29, 0.717) is 5.92 Å². The van der Waals surface area contributed by atoms with Crippen LogP contribution in [0.15, 0.2) is 54.6 Å². The second kappa shape index (κ2) is 8.48. The fourth-order valence-corrected chi connectivity index (χ4v) is 2.63. The van der Waals surface area contributed by atoms with Gasteiger partial charge in [-0.05, 0) is 42.5 Å². The summed E-state index contributed by atoms with van der Waals surface area (Å²) in [4.78, 5) is 0. The van der Waals surface area contributed by atoms with Crippen LogP contribution in [0, 0.1) is 5.92 Å². The molecule has 2 nitrogen and oxygen atoms in total. The molecule has 2 heteroatoms. The average Bonchev–Trinajstić information content (AvgIpc) is 2.53. The SMILES string of the molecule is CCCC(CN)CNc1ccccc1Cc1ccccc1. The molecule has 0 aromatic heterocycles. The van der Waals surface area contributed by atoms with Crippen LogP contribution in [0.4, 0.5) is 5.69 Å². The first-order chi connectivity index (χ1) is 10.3. The highest BCUT2D eigenvalue weighted by Gasteiger charge is 2.07. The lowest BCUT2D eigenvalue weighted by Crippen LogP contribution is -2.23. The van der Waals surface area contributed by atoms with Crippen molar-refractivity contribution < 1.29 is 0 Å². The monoisotopic (exact) mass is 282 g/mol. The van der Waals surface area contributed by atoms with Crippen molar-refractivity contribution in [1.82, 2.24) is 0 Å². The lowest BCUT2D eigenvalue weighted by atomic mass is 10.0. The van der Waals surface area contributed by atoms with Crippen molar-refractivity contribution in [2.24, 2.45) is 11.7 Å². The van der Waals surface area contributed by atoms with E-state index >= 15 is 0 Å². The molecule has 0 saturated heterocycles. The van der Waals surface area contributed by atoms with Gasteiger partial charge in [-0.25, -0.2) is 0 Å². The molecule has 2 aromatic carbocycles. The third-order valence-electron chi connectivity index (χ3n) is 3.87. The Labute approximate surface area is 128 Å². The molecule has 0 aliphatic heterocycles. The van der Waals surface area contributed by atoms with E-state index in [-0.39, 0.29) is 0 Å². The largest absolute Gasteiger partial charge is 0.384 e. The third kappa shape index (κ3) is 4.91. The Hall–Kier alpha value is -1.80. The zero-order valence-corrected chi connectivity index (χ0v) is 12.9. The summed E-state index contributed by atoms with van der Waals surface area (Å²) in [5.74, 6) is 0.555. The number of hydrogen-bond donors (Lipinski definition) is 2. The molecule has 2 aromatic rings. The smallest absolute Gasteiger partial charge is 0.0376 e. The van der Waals surface area contributed by atoms with Gasteiger partial charge in [-0.1, -0.05) is 61.9 Å². The van der Waals surface area contributed by atoms with Crippen LogP contribution in [0.2, 0.25) is 0 Å². The summed E-state index contributed by atoms with van der Waals surface area (Å²) in [6.45, 7) is 3.92. The predicted molar refractivity (Wildman–Crippen MR) is 91.6 cm³/mol. The van der Waals surface area contributed by atoms with Gasteiger partial charge < -0.3 is 11.1 Å². The minimum atomic E-state index is 0.555. The molecule has 1 atom stereocenters. The number of benzene rings is 2. The fourth-order valence-electron chi connectivity index (χ4n) is 2.63. The van der Waals surface area contributed by atoms with Gasteiger partial charge in [0.25, 0.3) is 0 Å². The molecule has 0 aliphatic carbocycles. The first-order valence-electron chi connectivity index (χ1n) is 7.89. The first kappa shape index (κ1) is 15.6. The Morgan fingerprint density at radius 2 is 1.71 bits per heavy atom. The first-order valence-corrected chi connectivity index (χ1v) is 7.89. The van der Waals surface area contributed by atoms with Crippen molar-refractivity contribution in [3.8, 4) is 0 Å². The fraction of sp³-hybridized carbons (Fsp3) is 0.368. The lowest BCUT2D eigenvalue weighted by molar-refractivity contribution is 0.513. The molecule has 21 heavy (non-hydrogen) atoms. The number of para-hydroxylation sites is 1. The quantitative estimate of drug-likeness (QED) is 0.766. The van der Waals surface area contributed by atoms with E-state index in [2.05, 4.69) is 66.8 Å². The minimum Gasteiger partial charge on any atom is -0.384 e. The van der Waals surface area contributed by atoms with Crippen molar-refractivity contribution >= 4 is 5.69 Å². The second-order valence-corrected chi connectivity index (χ2v) is 5.59. The predicted octanol–water partition coefficient (Wildman–Crippen LogP) is 4.06. The Balaban J connectivity index is 2.03. The number of rotatable bonds is 8. The van der Waals surface area contributed by atoms with E-state index in [4.69, 9.17) is 5.73 Å². The van der Waals surface area contributed by atoms with Gasteiger partial charge in [0, 0.05) is 12.2 Å². The van der Waals surface area contributed by atoms with Crippen molar-refractivity contribution in [2.45, 2.75) is 26.2 Å². The van der Waals surface area contributed by atoms with E-state index in [0.717, 1.165) is 19.5 Å². The summed E-state index contributed by atoms with van der Waals surface area (Å²) in [5.41, 5.74) is 9.76. The van der Waals surface area contributed by atoms with Gasteiger partial charge in [-0.15, -0.1) is 0 Å². The van der Waals surface area contributed by atoms with Crippen LogP contribution in [0.1, 0.15) is 30.9 Å². The highest BCUT2D eigenvalue weighted by atomic mass is 14.9. The van der Waals surface area contributed by atoms with Gasteiger partial charge in [-0.3, -0.25) is 0 Å². The highest BCUT2D eigenvalue weighted by molar-refractivity contribution is 5.52. The summed E-state index contributed by atoms with van der Waals surface area (Å²) in [5, 5.41) is 3.59. The average molecular weight is 282 g/mol. The van der Waals surface area contributed by atoms with E-state index in [1.54, 1.807) is 0 Å². The zero-order chi connectivity index (χ0) is 14.9. The van der Waals surface area contributed by atoms with Crippen LogP contribution in [-0.4, -0.2) is 13.1 Å². The molecule has 2 rings (SSSR count). The van der Waals surface area contributed by atoms with Crippen LogP contribution >= 0.6 is 0 Å². The molecule has 0 fully saturated rings. The molecule has 0 radical (unpaired) electrons. The maximum Gasteiger partial charge on any atom is 0.0376 e. The molecule has 112 valence electrons. The van der Waals surface area contributed by atoms with Crippen LogP contribution in [0.5, 0.6) is 0 Å². The molecule has 0 bridgehead atoms. The number of nitrogens with two attached hydrogens (primary N) is 1. The van der Waals surface area contributed by atoms with Gasteiger partial charge in [-0.2, -0.15) is 0 Å². The topological polar surface area (TPSA) is 38.0 Å². The van der Waals surface area contributed by atoms with Crippen molar-refractivity contribution in [3.05, 3.63) is 65.7 Å². The van der Waals surface area contributed by atoms with Gasteiger partial charge in [0.15, 0.2) is 0 Å². The van der Waals surface area contributed by atoms with Gasteiger partial charge in [0.2, 0.25) is 0 Å². The Kier molecular flexibility index (Phi) is 6.29. The molecule has 0 heterocycles. The van der Waals surface area contributed by atoms with E-state index < -0.39 is 0 Å². The standard InChI is InChI=1S/C19H26N2/c1-2-8-17(14-20)15-21-19-12-7-6-11-18(19)13-16-9-4-3-5-10-16/h3-7,9-12,17,21H,2,8,13-15,20H2,1H3. The number of hydrogen-bond acceptors (Lipinski definition) is 2. The zero-order valence-electron chi connectivity index (χ0n) is 12.9. The summed E-state index contributed by atoms with van der Waals surface area (Å²) in [7, 11) is 0. The van der Waals surface area contributed by atoms with Crippen LogP contribution < -0.4 is 11.1 Å². The Morgan fingerprint density at radius 1 is 1.00 bits per heavy atom. The second-order valence-electron chi connectivity index (χ2n) is 5.59. The van der Waals surface area contributed by atoms with Crippen LogP contribution in [0.25, 0.3) is 0 Å².